The molecule has 0 spiro atoms. The molecule has 1 fully saturated rings. The van der Waals surface area contributed by atoms with Crippen molar-refractivity contribution in [1.29, 1.82) is 0 Å². The molecular formula is C18H23N5O3. The van der Waals surface area contributed by atoms with E-state index in [0.29, 0.717) is 6.54 Å². The summed E-state index contributed by atoms with van der Waals surface area (Å²) in [5, 5.41) is 7.87. The van der Waals surface area contributed by atoms with Gasteiger partial charge in [0.1, 0.15) is 12.3 Å². The molecule has 0 saturated carbocycles. The summed E-state index contributed by atoms with van der Waals surface area (Å²) in [4.78, 5) is 27.9. The van der Waals surface area contributed by atoms with Gasteiger partial charge in [-0.2, -0.15) is 0 Å². The summed E-state index contributed by atoms with van der Waals surface area (Å²) in [6.45, 7) is 0.744. The lowest BCUT2D eigenvalue weighted by Crippen LogP contribution is -2.31. The average Bonchev–Trinajstić information content (AvgIpc) is 3.30. The van der Waals surface area contributed by atoms with E-state index in [2.05, 4.69) is 10.3 Å². The van der Waals surface area contributed by atoms with Crippen LogP contribution < -0.4 is 4.74 Å². The van der Waals surface area contributed by atoms with Gasteiger partial charge in [-0.15, -0.1) is 5.10 Å². The van der Waals surface area contributed by atoms with Gasteiger partial charge in [0.05, 0.1) is 19.3 Å². The number of hydrogen-bond donors (Lipinski definition) is 0. The second kappa shape index (κ2) is 7.55. The highest BCUT2D eigenvalue weighted by molar-refractivity contribution is 5.92. The summed E-state index contributed by atoms with van der Waals surface area (Å²) < 4.78 is 6.59. The van der Waals surface area contributed by atoms with Crippen LogP contribution in [0.3, 0.4) is 0 Å². The zero-order valence-electron chi connectivity index (χ0n) is 15.3. The van der Waals surface area contributed by atoms with Gasteiger partial charge in [0, 0.05) is 20.6 Å². The SMILES string of the molecule is COc1ccc(C2CCCN2C(=O)c2cn(CC(=O)N(C)C)nn2)cc1. The number of ether oxygens (including phenoxy) is 1. The normalized spacial score (nSPS) is 16.6. The van der Waals surface area contributed by atoms with Crippen molar-refractivity contribution < 1.29 is 14.3 Å². The Morgan fingerprint density at radius 2 is 2.00 bits per heavy atom. The Morgan fingerprint density at radius 3 is 2.65 bits per heavy atom. The number of methoxy groups -OCH3 is 1. The van der Waals surface area contributed by atoms with E-state index in [-0.39, 0.29) is 30.1 Å². The van der Waals surface area contributed by atoms with E-state index in [1.807, 2.05) is 29.2 Å². The van der Waals surface area contributed by atoms with Crippen molar-refractivity contribution in [3.8, 4) is 5.75 Å². The van der Waals surface area contributed by atoms with E-state index in [0.717, 1.165) is 24.2 Å². The predicted octanol–water partition coefficient (Wildman–Crippen LogP) is 1.35. The van der Waals surface area contributed by atoms with Crippen molar-refractivity contribution in [2.24, 2.45) is 0 Å². The number of likely N-dealkylation sites (tertiary alicyclic amines) is 1. The Morgan fingerprint density at radius 1 is 1.27 bits per heavy atom. The lowest BCUT2D eigenvalue weighted by molar-refractivity contribution is -0.129. The van der Waals surface area contributed by atoms with Crippen molar-refractivity contribution in [2.75, 3.05) is 27.7 Å². The first-order valence-corrected chi connectivity index (χ1v) is 8.55. The molecule has 2 aromatic rings. The minimum Gasteiger partial charge on any atom is -0.497 e. The van der Waals surface area contributed by atoms with Crippen molar-refractivity contribution in [3.05, 3.63) is 41.7 Å². The van der Waals surface area contributed by atoms with Crippen molar-refractivity contribution in [2.45, 2.75) is 25.4 Å². The average molecular weight is 357 g/mol. The third kappa shape index (κ3) is 3.68. The van der Waals surface area contributed by atoms with Gasteiger partial charge in [0.2, 0.25) is 5.91 Å². The standard InChI is InChI=1S/C18H23N5O3/c1-21(2)17(24)12-22-11-15(19-20-22)18(25)23-10-4-5-16(23)13-6-8-14(26-3)9-7-13/h6-9,11,16H,4-5,10,12H2,1-3H3. The Balaban J connectivity index is 1.74. The molecule has 2 amide bonds. The van der Waals surface area contributed by atoms with Crippen LogP contribution >= 0.6 is 0 Å². The summed E-state index contributed by atoms with van der Waals surface area (Å²) in [6, 6.07) is 7.80. The van der Waals surface area contributed by atoms with Crippen LogP contribution in [-0.4, -0.2) is 64.4 Å². The second-order valence-corrected chi connectivity index (χ2v) is 6.52. The van der Waals surface area contributed by atoms with E-state index < -0.39 is 0 Å². The zero-order chi connectivity index (χ0) is 18.7. The summed E-state index contributed by atoms with van der Waals surface area (Å²) in [6.07, 6.45) is 3.38. The van der Waals surface area contributed by atoms with Crippen LogP contribution in [0.25, 0.3) is 0 Å². The quantitative estimate of drug-likeness (QED) is 0.807. The maximum atomic E-state index is 12.9. The molecule has 8 heteroatoms. The minimum absolute atomic E-state index is 0.0157. The molecule has 1 unspecified atom stereocenters. The first kappa shape index (κ1) is 17.9. The number of hydrogen-bond acceptors (Lipinski definition) is 5. The molecule has 1 aromatic heterocycles. The van der Waals surface area contributed by atoms with E-state index >= 15 is 0 Å². The molecule has 0 radical (unpaired) electrons. The molecule has 3 rings (SSSR count). The van der Waals surface area contributed by atoms with E-state index in [4.69, 9.17) is 4.74 Å². The van der Waals surface area contributed by atoms with Crippen LogP contribution in [0, 0.1) is 0 Å². The van der Waals surface area contributed by atoms with Crippen LogP contribution in [0.4, 0.5) is 0 Å². The lowest BCUT2D eigenvalue weighted by Gasteiger charge is -2.24. The molecule has 0 aliphatic carbocycles. The van der Waals surface area contributed by atoms with Crippen molar-refractivity contribution in [3.63, 3.8) is 0 Å². The highest BCUT2D eigenvalue weighted by atomic mass is 16.5. The number of carbonyl (C=O) groups is 2. The molecule has 2 heterocycles. The van der Waals surface area contributed by atoms with Crippen LogP contribution in [0.1, 0.15) is 34.9 Å². The summed E-state index contributed by atoms with van der Waals surface area (Å²) >= 11 is 0. The molecule has 1 atom stereocenters. The predicted molar refractivity (Wildman–Crippen MR) is 94.7 cm³/mol. The molecule has 0 bridgehead atoms. The molecule has 26 heavy (non-hydrogen) atoms. The Labute approximate surface area is 152 Å². The molecule has 138 valence electrons. The number of amides is 2. The zero-order valence-corrected chi connectivity index (χ0v) is 15.3. The summed E-state index contributed by atoms with van der Waals surface area (Å²) in [5.74, 6) is 0.524. The highest BCUT2D eigenvalue weighted by Crippen LogP contribution is 2.33. The number of nitrogens with zero attached hydrogens (tertiary/aromatic N) is 5. The van der Waals surface area contributed by atoms with Crippen LogP contribution in [0.5, 0.6) is 5.75 Å². The first-order valence-electron chi connectivity index (χ1n) is 8.55. The number of rotatable bonds is 5. The Bertz CT molecular complexity index is 784. The van der Waals surface area contributed by atoms with Gasteiger partial charge >= 0.3 is 0 Å². The van der Waals surface area contributed by atoms with Crippen LogP contribution in [0.2, 0.25) is 0 Å². The fraction of sp³-hybridized carbons (Fsp3) is 0.444. The van der Waals surface area contributed by atoms with Crippen molar-refractivity contribution in [1.82, 2.24) is 24.8 Å². The van der Waals surface area contributed by atoms with Gasteiger partial charge in [-0.25, -0.2) is 4.68 Å². The molecule has 8 nitrogen and oxygen atoms in total. The fourth-order valence-electron chi connectivity index (χ4n) is 3.08. The Kier molecular flexibility index (Phi) is 5.20. The lowest BCUT2D eigenvalue weighted by atomic mass is 10.0. The molecule has 1 aliphatic heterocycles. The number of carbonyl (C=O) groups excluding carboxylic acids is 2. The smallest absolute Gasteiger partial charge is 0.276 e. The maximum Gasteiger partial charge on any atom is 0.276 e. The van der Waals surface area contributed by atoms with Gasteiger partial charge in [0.15, 0.2) is 5.69 Å². The molecule has 0 N–H and O–H groups in total. The molecule has 1 aromatic carbocycles. The number of aromatic nitrogens is 3. The van der Waals surface area contributed by atoms with Crippen LogP contribution in [0.15, 0.2) is 30.5 Å². The Hall–Kier alpha value is -2.90. The van der Waals surface area contributed by atoms with Gasteiger partial charge in [-0.1, -0.05) is 17.3 Å². The molecular weight excluding hydrogens is 334 g/mol. The third-order valence-corrected chi connectivity index (χ3v) is 4.57. The van der Waals surface area contributed by atoms with Gasteiger partial charge in [0.25, 0.3) is 5.91 Å². The highest BCUT2D eigenvalue weighted by Gasteiger charge is 2.32. The maximum absolute atomic E-state index is 12.9. The van der Waals surface area contributed by atoms with Crippen LogP contribution in [-0.2, 0) is 11.3 Å². The van der Waals surface area contributed by atoms with E-state index in [9.17, 15) is 9.59 Å². The number of benzene rings is 1. The topological polar surface area (TPSA) is 80.6 Å². The van der Waals surface area contributed by atoms with Gasteiger partial charge < -0.3 is 14.5 Å². The van der Waals surface area contributed by atoms with Gasteiger partial charge in [-0.3, -0.25) is 9.59 Å². The fourth-order valence-corrected chi connectivity index (χ4v) is 3.08. The van der Waals surface area contributed by atoms with Crippen molar-refractivity contribution >= 4 is 11.8 Å². The summed E-state index contributed by atoms with van der Waals surface area (Å²) in [5.41, 5.74) is 1.34. The molecule has 1 saturated heterocycles. The third-order valence-electron chi connectivity index (χ3n) is 4.57. The second-order valence-electron chi connectivity index (χ2n) is 6.52. The van der Waals surface area contributed by atoms with E-state index in [1.165, 1.54) is 15.8 Å². The number of likely N-dealkylation sites (N-methyl/N-ethyl adjacent to an activating group) is 1. The summed E-state index contributed by atoms with van der Waals surface area (Å²) in [7, 11) is 4.98. The largest absolute Gasteiger partial charge is 0.497 e. The van der Waals surface area contributed by atoms with Gasteiger partial charge in [-0.05, 0) is 30.5 Å². The first-order chi connectivity index (χ1) is 12.5. The monoisotopic (exact) mass is 357 g/mol. The minimum atomic E-state index is -0.160. The molecule has 1 aliphatic rings. The van der Waals surface area contributed by atoms with E-state index in [1.54, 1.807) is 21.2 Å².